The lowest BCUT2D eigenvalue weighted by atomic mass is 9.67. The maximum Gasteiger partial charge on any atom is 0.000770 e. The number of hydrogen-bond donors (Lipinski definition) is 1. The molecule has 0 spiro atoms. The SMILES string of the molecule is CCCCCCCNCC1(CC)CCC1. The minimum Gasteiger partial charge on any atom is -0.316 e. The van der Waals surface area contributed by atoms with Crippen LogP contribution in [0.5, 0.6) is 0 Å². The molecule has 0 aliphatic heterocycles. The Labute approximate surface area is 96.0 Å². The third-order valence-corrected chi connectivity index (χ3v) is 4.12. The Morgan fingerprint density at radius 2 is 1.73 bits per heavy atom. The van der Waals surface area contributed by atoms with Gasteiger partial charge in [0, 0.05) is 6.54 Å². The van der Waals surface area contributed by atoms with Gasteiger partial charge in [0.25, 0.3) is 0 Å². The minimum absolute atomic E-state index is 0.698. The molecule has 0 radical (unpaired) electrons. The molecule has 0 heterocycles. The second-order valence-corrected chi connectivity index (χ2v) is 5.30. The van der Waals surface area contributed by atoms with Crippen molar-refractivity contribution in [2.75, 3.05) is 13.1 Å². The summed E-state index contributed by atoms with van der Waals surface area (Å²) in [4.78, 5) is 0. The topological polar surface area (TPSA) is 12.0 Å². The van der Waals surface area contributed by atoms with Crippen molar-refractivity contribution in [1.82, 2.24) is 5.32 Å². The van der Waals surface area contributed by atoms with Gasteiger partial charge in [0.05, 0.1) is 0 Å². The highest BCUT2D eigenvalue weighted by Gasteiger charge is 2.34. The third-order valence-electron chi connectivity index (χ3n) is 4.12. The van der Waals surface area contributed by atoms with Gasteiger partial charge in [-0.15, -0.1) is 0 Å². The van der Waals surface area contributed by atoms with Gasteiger partial charge in [-0.2, -0.15) is 0 Å². The smallest absolute Gasteiger partial charge is 0.000770 e. The molecule has 0 amide bonds. The van der Waals surface area contributed by atoms with Crippen LogP contribution in [0.4, 0.5) is 0 Å². The average molecular weight is 211 g/mol. The first-order valence-corrected chi connectivity index (χ1v) is 7.04. The standard InChI is InChI=1S/C14H29N/c1-3-5-6-7-8-12-15-13-14(4-2)10-9-11-14/h15H,3-13H2,1-2H3. The summed E-state index contributed by atoms with van der Waals surface area (Å²) in [6.45, 7) is 7.14. The molecule has 1 heteroatoms. The van der Waals surface area contributed by atoms with E-state index in [1.807, 2.05) is 0 Å². The largest absolute Gasteiger partial charge is 0.316 e. The Balaban J connectivity index is 1.88. The minimum atomic E-state index is 0.698. The van der Waals surface area contributed by atoms with E-state index in [2.05, 4.69) is 19.2 Å². The zero-order valence-electron chi connectivity index (χ0n) is 10.8. The second-order valence-electron chi connectivity index (χ2n) is 5.30. The quantitative estimate of drug-likeness (QED) is 0.566. The van der Waals surface area contributed by atoms with Crippen molar-refractivity contribution < 1.29 is 0 Å². The van der Waals surface area contributed by atoms with E-state index in [-0.39, 0.29) is 0 Å². The van der Waals surface area contributed by atoms with Gasteiger partial charge in [-0.25, -0.2) is 0 Å². The summed E-state index contributed by atoms with van der Waals surface area (Å²) >= 11 is 0. The van der Waals surface area contributed by atoms with Crippen molar-refractivity contribution in [2.45, 2.75) is 71.6 Å². The summed E-state index contributed by atoms with van der Waals surface area (Å²) in [5, 5.41) is 3.66. The molecule has 1 saturated carbocycles. The van der Waals surface area contributed by atoms with Crippen LogP contribution in [0, 0.1) is 5.41 Å². The summed E-state index contributed by atoms with van der Waals surface area (Å²) in [5.41, 5.74) is 0.698. The van der Waals surface area contributed by atoms with E-state index in [1.165, 1.54) is 70.9 Å². The van der Waals surface area contributed by atoms with Crippen LogP contribution >= 0.6 is 0 Å². The molecule has 1 aliphatic carbocycles. The van der Waals surface area contributed by atoms with Crippen LogP contribution in [0.1, 0.15) is 71.6 Å². The molecule has 1 N–H and O–H groups in total. The summed E-state index contributed by atoms with van der Waals surface area (Å²) in [6.07, 6.45) is 12.8. The van der Waals surface area contributed by atoms with Crippen LogP contribution in [0.15, 0.2) is 0 Å². The number of nitrogens with one attached hydrogen (secondary N) is 1. The maximum atomic E-state index is 3.66. The number of unbranched alkanes of at least 4 members (excludes halogenated alkanes) is 4. The molecule has 15 heavy (non-hydrogen) atoms. The van der Waals surface area contributed by atoms with Gasteiger partial charge in [-0.1, -0.05) is 46.0 Å². The van der Waals surface area contributed by atoms with Gasteiger partial charge in [-0.3, -0.25) is 0 Å². The Hall–Kier alpha value is -0.0400. The van der Waals surface area contributed by atoms with Crippen molar-refractivity contribution in [1.29, 1.82) is 0 Å². The van der Waals surface area contributed by atoms with Crippen LogP contribution in [0.3, 0.4) is 0 Å². The first-order chi connectivity index (χ1) is 7.33. The Bertz CT molecular complexity index is 144. The van der Waals surface area contributed by atoms with E-state index in [4.69, 9.17) is 0 Å². The predicted molar refractivity (Wildman–Crippen MR) is 68.2 cm³/mol. The first-order valence-electron chi connectivity index (χ1n) is 7.04. The highest BCUT2D eigenvalue weighted by Crippen LogP contribution is 2.42. The van der Waals surface area contributed by atoms with E-state index in [0.717, 1.165) is 0 Å². The monoisotopic (exact) mass is 211 g/mol. The summed E-state index contributed by atoms with van der Waals surface area (Å²) in [5.74, 6) is 0. The molecular weight excluding hydrogens is 182 g/mol. The molecule has 0 atom stereocenters. The molecule has 1 fully saturated rings. The maximum absolute atomic E-state index is 3.66. The first kappa shape index (κ1) is 13.0. The van der Waals surface area contributed by atoms with E-state index in [1.54, 1.807) is 0 Å². The van der Waals surface area contributed by atoms with Crippen LogP contribution in [0.25, 0.3) is 0 Å². The normalized spacial score (nSPS) is 18.8. The molecular formula is C14H29N. The molecule has 90 valence electrons. The number of hydrogen-bond acceptors (Lipinski definition) is 1. The van der Waals surface area contributed by atoms with Gasteiger partial charge < -0.3 is 5.32 Å². The lowest BCUT2D eigenvalue weighted by Crippen LogP contribution is -2.39. The molecule has 1 rings (SSSR count). The van der Waals surface area contributed by atoms with Crippen molar-refractivity contribution in [3.8, 4) is 0 Å². The molecule has 0 bridgehead atoms. The predicted octanol–water partition coefficient (Wildman–Crippen LogP) is 4.13. The second kappa shape index (κ2) is 7.27. The van der Waals surface area contributed by atoms with Crippen molar-refractivity contribution >= 4 is 0 Å². The number of rotatable bonds is 9. The molecule has 0 aromatic rings. The van der Waals surface area contributed by atoms with Crippen LogP contribution in [0.2, 0.25) is 0 Å². The van der Waals surface area contributed by atoms with Gasteiger partial charge in [0.2, 0.25) is 0 Å². The molecule has 0 unspecified atom stereocenters. The van der Waals surface area contributed by atoms with Crippen molar-refractivity contribution in [3.63, 3.8) is 0 Å². The Kier molecular flexibility index (Phi) is 6.31. The van der Waals surface area contributed by atoms with Crippen LogP contribution in [-0.4, -0.2) is 13.1 Å². The van der Waals surface area contributed by atoms with Crippen LogP contribution < -0.4 is 5.32 Å². The molecule has 1 aliphatic rings. The highest BCUT2D eigenvalue weighted by atomic mass is 14.9. The summed E-state index contributed by atoms with van der Waals surface area (Å²) < 4.78 is 0. The van der Waals surface area contributed by atoms with Crippen molar-refractivity contribution in [3.05, 3.63) is 0 Å². The van der Waals surface area contributed by atoms with E-state index in [0.29, 0.717) is 5.41 Å². The fraction of sp³-hybridized carbons (Fsp3) is 1.00. The average Bonchev–Trinajstić information content (AvgIpc) is 2.20. The van der Waals surface area contributed by atoms with E-state index >= 15 is 0 Å². The molecule has 0 aromatic heterocycles. The fourth-order valence-corrected chi connectivity index (χ4v) is 2.54. The van der Waals surface area contributed by atoms with Gasteiger partial charge in [0.15, 0.2) is 0 Å². The molecule has 0 saturated heterocycles. The van der Waals surface area contributed by atoms with Crippen molar-refractivity contribution in [2.24, 2.45) is 5.41 Å². The molecule has 0 aromatic carbocycles. The fourth-order valence-electron chi connectivity index (χ4n) is 2.54. The molecule has 1 nitrogen and oxygen atoms in total. The lowest BCUT2D eigenvalue weighted by Gasteiger charge is -2.41. The highest BCUT2D eigenvalue weighted by molar-refractivity contribution is 4.88. The zero-order valence-corrected chi connectivity index (χ0v) is 10.8. The van der Waals surface area contributed by atoms with Crippen LogP contribution in [-0.2, 0) is 0 Å². The lowest BCUT2D eigenvalue weighted by molar-refractivity contribution is 0.124. The third kappa shape index (κ3) is 4.55. The van der Waals surface area contributed by atoms with Gasteiger partial charge >= 0.3 is 0 Å². The van der Waals surface area contributed by atoms with E-state index in [9.17, 15) is 0 Å². The zero-order chi connectivity index (χ0) is 11.0. The Morgan fingerprint density at radius 1 is 1.00 bits per heavy atom. The summed E-state index contributed by atoms with van der Waals surface area (Å²) in [6, 6.07) is 0. The Morgan fingerprint density at radius 3 is 2.27 bits per heavy atom. The van der Waals surface area contributed by atoms with Gasteiger partial charge in [-0.05, 0) is 37.6 Å². The van der Waals surface area contributed by atoms with E-state index < -0.39 is 0 Å². The summed E-state index contributed by atoms with van der Waals surface area (Å²) in [7, 11) is 0. The van der Waals surface area contributed by atoms with Gasteiger partial charge in [0.1, 0.15) is 0 Å².